The van der Waals surface area contributed by atoms with Crippen LogP contribution in [0.3, 0.4) is 0 Å². The van der Waals surface area contributed by atoms with Crippen LogP contribution in [-0.4, -0.2) is 57.0 Å². The number of para-hydroxylation sites is 1. The van der Waals surface area contributed by atoms with Crippen LogP contribution in [0.5, 0.6) is 0 Å². The molecule has 1 fully saturated rings. The molecule has 0 saturated carbocycles. The number of anilines is 1. The Hall–Kier alpha value is -3.76. The summed E-state index contributed by atoms with van der Waals surface area (Å²) in [5.41, 5.74) is 1.98. The maximum Gasteiger partial charge on any atom is 0.272 e. The molecule has 11 heteroatoms. The van der Waals surface area contributed by atoms with Gasteiger partial charge in [0.2, 0.25) is 0 Å². The third kappa shape index (κ3) is 5.35. The van der Waals surface area contributed by atoms with Gasteiger partial charge in [0.15, 0.2) is 5.69 Å². The lowest BCUT2D eigenvalue weighted by Crippen LogP contribution is -2.42. The molecular formula is C26H21Cl2N5O4. The Kier molecular flexibility index (Phi) is 7.20. The maximum atomic E-state index is 13.4. The summed E-state index contributed by atoms with van der Waals surface area (Å²) < 4.78 is 6.64. The molecule has 1 aliphatic heterocycles. The van der Waals surface area contributed by atoms with Crippen LogP contribution in [0.4, 0.5) is 5.82 Å². The molecule has 0 radical (unpaired) electrons. The van der Waals surface area contributed by atoms with E-state index in [-0.39, 0.29) is 35.3 Å². The van der Waals surface area contributed by atoms with E-state index in [1.54, 1.807) is 36.5 Å². The number of aromatic nitrogens is 3. The summed E-state index contributed by atoms with van der Waals surface area (Å²) >= 11 is 12.8. The lowest BCUT2D eigenvalue weighted by atomic mass is 10.1. The fraction of sp³-hybridized carbons (Fsp3) is 0.154. The van der Waals surface area contributed by atoms with Gasteiger partial charge in [-0.15, -0.1) is 0 Å². The van der Waals surface area contributed by atoms with Crippen molar-refractivity contribution < 1.29 is 19.4 Å². The number of pyridine rings is 1. The first-order chi connectivity index (χ1) is 17.9. The van der Waals surface area contributed by atoms with Crippen LogP contribution in [0.2, 0.25) is 10.0 Å². The lowest BCUT2D eigenvalue weighted by Gasteiger charge is -2.13. The van der Waals surface area contributed by atoms with Gasteiger partial charge in [-0.25, -0.2) is 4.68 Å². The fourth-order valence-corrected chi connectivity index (χ4v) is 4.46. The fourth-order valence-electron chi connectivity index (χ4n) is 3.90. The molecule has 3 N–H and O–H groups in total. The van der Waals surface area contributed by atoms with Gasteiger partial charge in [-0.3, -0.25) is 14.6 Å². The normalized spacial score (nSPS) is 16.9. The number of rotatable bonds is 6. The number of amides is 2. The second-order valence-electron chi connectivity index (χ2n) is 8.33. The van der Waals surface area contributed by atoms with Crippen molar-refractivity contribution in [3.8, 4) is 16.9 Å². The molecule has 1 aliphatic rings. The summed E-state index contributed by atoms with van der Waals surface area (Å²) in [7, 11) is 0. The average molecular weight is 538 g/mol. The molecule has 2 aromatic heterocycles. The second-order valence-corrected chi connectivity index (χ2v) is 9.14. The van der Waals surface area contributed by atoms with Crippen LogP contribution in [-0.2, 0) is 4.74 Å². The molecule has 188 valence electrons. The molecule has 0 bridgehead atoms. The molecule has 2 amide bonds. The van der Waals surface area contributed by atoms with E-state index in [2.05, 4.69) is 20.7 Å². The first kappa shape index (κ1) is 24.9. The molecular weight excluding hydrogens is 517 g/mol. The Bertz CT molecular complexity index is 1450. The molecule has 1 saturated heterocycles. The highest BCUT2D eigenvalue weighted by Crippen LogP contribution is 2.32. The Labute approximate surface area is 222 Å². The Morgan fingerprint density at radius 1 is 0.973 bits per heavy atom. The van der Waals surface area contributed by atoms with E-state index in [1.807, 2.05) is 24.3 Å². The second kappa shape index (κ2) is 10.7. The third-order valence-corrected chi connectivity index (χ3v) is 6.42. The van der Waals surface area contributed by atoms with Crippen molar-refractivity contribution in [1.82, 2.24) is 20.1 Å². The van der Waals surface area contributed by atoms with Crippen LogP contribution in [0.15, 0.2) is 72.9 Å². The largest absolute Gasteiger partial charge is 0.388 e. The summed E-state index contributed by atoms with van der Waals surface area (Å²) in [6.45, 7) is 0.344. The Morgan fingerprint density at radius 2 is 1.76 bits per heavy atom. The highest BCUT2D eigenvalue weighted by molar-refractivity contribution is 6.38. The van der Waals surface area contributed by atoms with Gasteiger partial charge >= 0.3 is 0 Å². The Morgan fingerprint density at radius 3 is 2.46 bits per heavy atom. The van der Waals surface area contributed by atoms with Crippen LogP contribution in [0.25, 0.3) is 16.9 Å². The van der Waals surface area contributed by atoms with Gasteiger partial charge in [-0.2, -0.15) is 5.10 Å². The summed E-state index contributed by atoms with van der Waals surface area (Å²) in [6, 6.07) is 18.4. The zero-order valence-electron chi connectivity index (χ0n) is 19.3. The molecule has 0 unspecified atom stereocenters. The van der Waals surface area contributed by atoms with Crippen molar-refractivity contribution in [1.29, 1.82) is 0 Å². The van der Waals surface area contributed by atoms with Gasteiger partial charge in [0.1, 0.15) is 5.82 Å². The molecule has 4 aromatic rings. The Balaban J connectivity index is 1.47. The molecule has 2 atom stereocenters. The molecule has 9 nitrogen and oxygen atoms in total. The highest BCUT2D eigenvalue weighted by Gasteiger charge is 2.29. The maximum absolute atomic E-state index is 13.4. The predicted octanol–water partition coefficient (Wildman–Crippen LogP) is 3.98. The highest BCUT2D eigenvalue weighted by atomic mass is 35.5. The van der Waals surface area contributed by atoms with Crippen molar-refractivity contribution in [3.05, 3.63) is 94.2 Å². The summed E-state index contributed by atoms with van der Waals surface area (Å²) in [5.74, 6) is -0.792. The van der Waals surface area contributed by atoms with Gasteiger partial charge in [-0.1, -0.05) is 47.5 Å². The number of benzene rings is 2. The minimum Gasteiger partial charge on any atom is -0.388 e. The van der Waals surface area contributed by atoms with Crippen LogP contribution >= 0.6 is 23.2 Å². The number of nitrogens with zero attached hydrogens (tertiary/aromatic N) is 3. The number of carbonyl (C=O) groups is 2. The van der Waals surface area contributed by atoms with Gasteiger partial charge < -0.3 is 20.5 Å². The van der Waals surface area contributed by atoms with Crippen molar-refractivity contribution in [3.63, 3.8) is 0 Å². The van der Waals surface area contributed by atoms with Gasteiger partial charge in [0.25, 0.3) is 11.8 Å². The van der Waals surface area contributed by atoms with E-state index >= 15 is 0 Å². The van der Waals surface area contributed by atoms with Crippen LogP contribution < -0.4 is 10.6 Å². The van der Waals surface area contributed by atoms with Gasteiger partial charge in [0, 0.05) is 17.8 Å². The smallest absolute Gasteiger partial charge is 0.272 e. The molecule has 3 heterocycles. The van der Waals surface area contributed by atoms with Gasteiger partial charge in [-0.05, 0) is 36.4 Å². The number of hydrogen-bond donors (Lipinski definition) is 3. The molecule has 2 aromatic carbocycles. The lowest BCUT2D eigenvalue weighted by molar-refractivity contribution is 0.0881. The van der Waals surface area contributed by atoms with E-state index in [1.165, 1.54) is 16.8 Å². The number of hydrogen-bond acceptors (Lipinski definition) is 6. The minimum absolute atomic E-state index is 0.0506. The monoisotopic (exact) mass is 537 g/mol. The number of halogens is 2. The molecule has 0 aliphatic carbocycles. The number of aliphatic hydroxyl groups is 1. The summed E-state index contributed by atoms with van der Waals surface area (Å²) in [6.07, 6.45) is 0.821. The molecule has 5 rings (SSSR count). The average Bonchev–Trinajstić information content (AvgIpc) is 3.51. The predicted molar refractivity (Wildman–Crippen MR) is 139 cm³/mol. The van der Waals surface area contributed by atoms with Gasteiger partial charge in [0.05, 0.1) is 52.3 Å². The summed E-state index contributed by atoms with van der Waals surface area (Å²) in [5, 5.41) is 20.4. The van der Waals surface area contributed by atoms with E-state index in [4.69, 9.17) is 27.9 Å². The molecule has 37 heavy (non-hydrogen) atoms. The number of aliphatic hydroxyl groups excluding tert-OH is 1. The van der Waals surface area contributed by atoms with Crippen molar-refractivity contribution >= 4 is 40.8 Å². The van der Waals surface area contributed by atoms with E-state index in [9.17, 15) is 14.7 Å². The zero-order valence-corrected chi connectivity index (χ0v) is 20.8. The SMILES string of the molecule is O=C(N[C@@H]1COC[C@H]1O)c1cc(NC(=O)c2cc(-c3ccccn3)c(Cl)cc2Cl)n(-c2ccccc2)n1. The topological polar surface area (TPSA) is 118 Å². The molecule has 0 spiro atoms. The van der Waals surface area contributed by atoms with Crippen molar-refractivity contribution in [2.24, 2.45) is 0 Å². The zero-order chi connectivity index (χ0) is 25.9. The van der Waals surface area contributed by atoms with Crippen LogP contribution in [0.1, 0.15) is 20.8 Å². The standard InChI is InChI=1S/C26H21Cl2N5O4/c27-18-11-19(28)17(10-16(18)20-8-4-5-9-29-20)25(35)31-24-12-21(26(36)30-22-13-37-14-23(22)34)32-33(24)15-6-2-1-3-7-15/h1-12,22-23,34H,13-14H2,(H,30,36)(H,31,35)/t22-,23-/m1/s1. The number of nitrogens with one attached hydrogen (secondary N) is 2. The number of carbonyl (C=O) groups excluding carboxylic acids is 2. The van der Waals surface area contributed by atoms with E-state index in [0.717, 1.165) is 0 Å². The van der Waals surface area contributed by atoms with Crippen molar-refractivity contribution in [2.75, 3.05) is 18.5 Å². The quantitative estimate of drug-likeness (QED) is 0.342. The van der Waals surface area contributed by atoms with E-state index in [0.29, 0.717) is 22.0 Å². The summed E-state index contributed by atoms with van der Waals surface area (Å²) in [4.78, 5) is 30.5. The first-order valence-electron chi connectivity index (χ1n) is 11.3. The van der Waals surface area contributed by atoms with E-state index < -0.39 is 24.0 Å². The first-order valence-corrected chi connectivity index (χ1v) is 12.1. The minimum atomic E-state index is -0.806. The number of ether oxygens (including phenoxy) is 1. The van der Waals surface area contributed by atoms with Crippen LogP contribution in [0, 0.1) is 0 Å². The van der Waals surface area contributed by atoms with Crippen molar-refractivity contribution in [2.45, 2.75) is 12.1 Å². The third-order valence-electron chi connectivity index (χ3n) is 5.79.